The summed E-state index contributed by atoms with van der Waals surface area (Å²) in [4.78, 5) is 16.8. The molecule has 84 valence electrons. The van der Waals surface area contributed by atoms with Gasteiger partial charge >= 0.3 is 6.09 Å². The molecule has 1 aliphatic heterocycles. The third kappa shape index (κ3) is 3.06. The minimum atomic E-state index is -0.602. The third-order valence-corrected chi connectivity index (χ3v) is 2.41. The van der Waals surface area contributed by atoms with Crippen molar-refractivity contribution in [3.05, 3.63) is 12.7 Å². The highest BCUT2D eigenvalue weighted by molar-refractivity contribution is 5.93. The van der Waals surface area contributed by atoms with Crippen molar-refractivity contribution in [2.75, 3.05) is 20.3 Å². The summed E-state index contributed by atoms with van der Waals surface area (Å²) in [6.07, 6.45) is 2.41. The van der Waals surface area contributed by atoms with E-state index in [0.29, 0.717) is 12.3 Å². The van der Waals surface area contributed by atoms with Gasteiger partial charge in [0.1, 0.15) is 12.4 Å². The van der Waals surface area contributed by atoms with Crippen LogP contribution in [0.25, 0.3) is 0 Å². The molecular formula is C10H16N2O3. The van der Waals surface area contributed by atoms with Crippen molar-refractivity contribution in [1.82, 2.24) is 4.90 Å². The van der Waals surface area contributed by atoms with Crippen LogP contribution >= 0.6 is 0 Å². The molecular weight excluding hydrogens is 196 g/mol. The van der Waals surface area contributed by atoms with Crippen molar-refractivity contribution >= 4 is 11.9 Å². The fourth-order valence-electron chi connectivity index (χ4n) is 1.49. The van der Waals surface area contributed by atoms with Gasteiger partial charge in [0.05, 0.1) is 12.6 Å². The predicted molar refractivity (Wildman–Crippen MR) is 56.9 cm³/mol. The van der Waals surface area contributed by atoms with Crippen molar-refractivity contribution in [1.29, 1.82) is 0 Å². The SMILES string of the molecule is C=CCOC(=O)/N=C1/CC[C@@H](CO)N1C. The largest absolute Gasteiger partial charge is 0.444 e. The van der Waals surface area contributed by atoms with Crippen molar-refractivity contribution in [3.63, 3.8) is 0 Å². The Hall–Kier alpha value is -1.36. The van der Waals surface area contributed by atoms with E-state index < -0.39 is 6.09 Å². The van der Waals surface area contributed by atoms with Gasteiger partial charge in [0.15, 0.2) is 0 Å². The molecule has 0 unspecified atom stereocenters. The molecule has 1 heterocycles. The van der Waals surface area contributed by atoms with Crippen LogP contribution in [0.4, 0.5) is 4.79 Å². The molecule has 0 aromatic carbocycles. The van der Waals surface area contributed by atoms with Crippen LogP contribution in [0.15, 0.2) is 17.6 Å². The number of amidine groups is 1. The topological polar surface area (TPSA) is 62.1 Å². The highest BCUT2D eigenvalue weighted by Crippen LogP contribution is 2.17. The Kier molecular flexibility index (Phi) is 4.30. The summed E-state index contributed by atoms with van der Waals surface area (Å²) in [5.74, 6) is 0.670. The first kappa shape index (κ1) is 11.7. The molecule has 1 atom stereocenters. The molecule has 1 fully saturated rings. The van der Waals surface area contributed by atoms with Crippen LogP contribution in [-0.2, 0) is 4.74 Å². The van der Waals surface area contributed by atoms with Crippen LogP contribution in [0.3, 0.4) is 0 Å². The second-order valence-electron chi connectivity index (χ2n) is 3.38. The zero-order valence-electron chi connectivity index (χ0n) is 8.85. The second kappa shape index (κ2) is 5.50. The van der Waals surface area contributed by atoms with Gasteiger partial charge < -0.3 is 14.7 Å². The first-order valence-electron chi connectivity index (χ1n) is 4.88. The number of hydrogen-bond acceptors (Lipinski definition) is 3. The Morgan fingerprint density at radius 3 is 3.13 bits per heavy atom. The number of aliphatic imine (C=N–C) groups is 1. The fraction of sp³-hybridized carbons (Fsp3) is 0.600. The molecule has 1 aliphatic rings. The standard InChI is InChI=1S/C10H16N2O3/c1-3-6-15-10(14)11-9-5-4-8(7-13)12(9)2/h3,8,13H,1,4-7H2,2H3/b11-9-/t8-/m0/s1. The number of hydrogen-bond donors (Lipinski definition) is 1. The van der Waals surface area contributed by atoms with E-state index in [0.717, 1.165) is 6.42 Å². The number of carbonyl (C=O) groups is 1. The molecule has 0 radical (unpaired) electrons. The minimum Gasteiger partial charge on any atom is -0.444 e. The number of likely N-dealkylation sites (tertiary alicyclic amines) is 1. The van der Waals surface area contributed by atoms with Crippen LogP contribution in [0, 0.1) is 0 Å². The lowest BCUT2D eigenvalue weighted by atomic mass is 10.2. The van der Waals surface area contributed by atoms with Crippen molar-refractivity contribution in [2.45, 2.75) is 18.9 Å². The Labute approximate surface area is 89.1 Å². The Balaban J connectivity index is 2.53. The summed E-state index contributed by atoms with van der Waals surface area (Å²) >= 11 is 0. The maximum Gasteiger partial charge on any atom is 0.435 e. The average Bonchev–Trinajstić information content (AvgIpc) is 2.57. The zero-order chi connectivity index (χ0) is 11.3. The van der Waals surface area contributed by atoms with Gasteiger partial charge in [-0.25, -0.2) is 4.79 Å². The number of rotatable bonds is 3. The summed E-state index contributed by atoms with van der Waals surface area (Å²) in [6.45, 7) is 3.69. The first-order valence-corrected chi connectivity index (χ1v) is 4.88. The summed E-state index contributed by atoms with van der Waals surface area (Å²) < 4.78 is 4.74. The predicted octanol–water partition coefficient (Wildman–Crippen LogP) is 0.794. The maximum absolute atomic E-state index is 11.2. The van der Waals surface area contributed by atoms with Gasteiger partial charge in [0, 0.05) is 13.5 Å². The number of likely N-dealkylation sites (N-methyl/N-ethyl adjacent to an activating group) is 1. The second-order valence-corrected chi connectivity index (χ2v) is 3.38. The van der Waals surface area contributed by atoms with Crippen LogP contribution in [0.1, 0.15) is 12.8 Å². The minimum absolute atomic E-state index is 0.0657. The molecule has 0 aromatic heterocycles. The Morgan fingerprint density at radius 2 is 2.60 bits per heavy atom. The molecule has 0 spiro atoms. The molecule has 5 heteroatoms. The molecule has 1 amide bonds. The van der Waals surface area contributed by atoms with Crippen LogP contribution in [0.2, 0.25) is 0 Å². The molecule has 1 saturated heterocycles. The molecule has 0 bridgehead atoms. The van der Waals surface area contributed by atoms with Crippen molar-refractivity contribution in [2.24, 2.45) is 4.99 Å². The summed E-state index contributed by atoms with van der Waals surface area (Å²) in [6, 6.07) is 0.0657. The number of aliphatic hydroxyl groups excluding tert-OH is 1. The van der Waals surface area contributed by atoms with Gasteiger partial charge in [-0.2, -0.15) is 4.99 Å². The van der Waals surface area contributed by atoms with Gasteiger partial charge in [-0.05, 0) is 6.42 Å². The molecule has 1 N–H and O–H groups in total. The van der Waals surface area contributed by atoms with Gasteiger partial charge in [-0.1, -0.05) is 12.7 Å². The molecule has 5 nitrogen and oxygen atoms in total. The molecule has 1 rings (SSSR count). The highest BCUT2D eigenvalue weighted by atomic mass is 16.5. The van der Waals surface area contributed by atoms with E-state index in [4.69, 9.17) is 9.84 Å². The van der Waals surface area contributed by atoms with Crippen molar-refractivity contribution in [3.8, 4) is 0 Å². The van der Waals surface area contributed by atoms with E-state index in [1.165, 1.54) is 6.08 Å². The van der Waals surface area contributed by atoms with Gasteiger partial charge in [0.2, 0.25) is 0 Å². The van der Waals surface area contributed by atoms with Crippen molar-refractivity contribution < 1.29 is 14.6 Å². The lowest BCUT2D eigenvalue weighted by Gasteiger charge is -2.19. The van der Waals surface area contributed by atoms with E-state index in [9.17, 15) is 4.79 Å². The lowest BCUT2D eigenvalue weighted by Crippen LogP contribution is -2.31. The van der Waals surface area contributed by atoms with Crippen LogP contribution in [0.5, 0.6) is 0 Å². The zero-order valence-corrected chi connectivity index (χ0v) is 8.85. The fourth-order valence-corrected chi connectivity index (χ4v) is 1.49. The smallest absolute Gasteiger partial charge is 0.435 e. The first-order chi connectivity index (χ1) is 7.19. The van der Waals surface area contributed by atoms with Gasteiger partial charge in [-0.3, -0.25) is 0 Å². The molecule has 15 heavy (non-hydrogen) atoms. The average molecular weight is 212 g/mol. The van der Waals surface area contributed by atoms with Crippen LogP contribution in [-0.4, -0.2) is 48.2 Å². The molecule has 0 saturated carbocycles. The summed E-state index contributed by atoms with van der Waals surface area (Å²) in [5.41, 5.74) is 0. The van der Waals surface area contributed by atoms with Gasteiger partial charge in [0.25, 0.3) is 0 Å². The number of aliphatic hydroxyl groups is 1. The maximum atomic E-state index is 11.2. The van der Waals surface area contributed by atoms with E-state index in [1.807, 2.05) is 11.9 Å². The molecule has 0 aromatic rings. The number of nitrogens with zero attached hydrogens (tertiary/aromatic N) is 2. The molecule has 0 aliphatic carbocycles. The van der Waals surface area contributed by atoms with E-state index in [-0.39, 0.29) is 19.3 Å². The third-order valence-electron chi connectivity index (χ3n) is 2.41. The monoisotopic (exact) mass is 212 g/mol. The number of ether oxygens (including phenoxy) is 1. The Morgan fingerprint density at radius 1 is 1.87 bits per heavy atom. The highest BCUT2D eigenvalue weighted by Gasteiger charge is 2.26. The Bertz CT molecular complexity index is 276. The lowest BCUT2D eigenvalue weighted by molar-refractivity contribution is 0.169. The van der Waals surface area contributed by atoms with Crippen LogP contribution < -0.4 is 0 Å². The quantitative estimate of drug-likeness (QED) is 0.703. The number of amides is 1. The normalized spacial score (nSPS) is 23.2. The van der Waals surface area contributed by atoms with E-state index >= 15 is 0 Å². The summed E-state index contributed by atoms with van der Waals surface area (Å²) in [7, 11) is 1.81. The van der Waals surface area contributed by atoms with Gasteiger partial charge in [-0.15, -0.1) is 0 Å². The van der Waals surface area contributed by atoms with E-state index in [1.54, 1.807) is 0 Å². The number of carbonyl (C=O) groups excluding carboxylic acids is 1. The van der Waals surface area contributed by atoms with E-state index in [2.05, 4.69) is 11.6 Å². The summed E-state index contributed by atoms with van der Waals surface area (Å²) in [5, 5.41) is 9.00.